The van der Waals surface area contributed by atoms with E-state index in [1.54, 1.807) is 14.0 Å². The van der Waals surface area contributed by atoms with E-state index in [0.717, 1.165) is 22.4 Å². The molecule has 6 nitrogen and oxygen atoms in total. The molecule has 0 amide bonds. The van der Waals surface area contributed by atoms with Crippen molar-refractivity contribution in [3.63, 3.8) is 0 Å². The van der Waals surface area contributed by atoms with Crippen LogP contribution in [-0.4, -0.2) is 33.4 Å². The summed E-state index contributed by atoms with van der Waals surface area (Å²) in [7, 11) is 3.54. The molecule has 2 aromatic rings. The van der Waals surface area contributed by atoms with Crippen LogP contribution in [0.25, 0.3) is 0 Å². The molecule has 0 saturated carbocycles. The van der Waals surface area contributed by atoms with E-state index in [2.05, 4.69) is 15.5 Å². The minimum atomic E-state index is 0.126. The minimum Gasteiger partial charge on any atom is -0.497 e. The molecule has 0 fully saturated rings. The van der Waals surface area contributed by atoms with Crippen molar-refractivity contribution >= 4 is 23.2 Å². The summed E-state index contributed by atoms with van der Waals surface area (Å²) in [5.74, 6) is 2.18. The molecule has 2 rings (SSSR count). The molecule has 1 aromatic carbocycles. The van der Waals surface area contributed by atoms with E-state index in [4.69, 9.17) is 4.74 Å². The number of Topliss-reactive ketones (excluding diaryl/α,β-unsaturated/α-hetero) is 1. The number of nitrogens with zero attached hydrogens (tertiary/aromatic N) is 3. The van der Waals surface area contributed by atoms with Gasteiger partial charge in [-0.2, -0.15) is 0 Å². The summed E-state index contributed by atoms with van der Waals surface area (Å²) in [6.45, 7) is 2.13. The normalized spacial score (nSPS) is 10.4. The van der Waals surface area contributed by atoms with Gasteiger partial charge in [-0.15, -0.1) is 10.2 Å². The van der Waals surface area contributed by atoms with Crippen molar-refractivity contribution in [2.75, 3.05) is 18.2 Å². The van der Waals surface area contributed by atoms with Gasteiger partial charge in [0.25, 0.3) is 0 Å². The maximum absolute atomic E-state index is 11.0. The average molecular weight is 306 g/mol. The number of hydrogen-bond acceptors (Lipinski definition) is 6. The van der Waals surface area contributed by atoms with Crippen LogP contribution in [0.1, 0.15) is 12.7 Å². The number of thioether (sulfide) groups is 1. The number of aromatic nitrogens is 3. The lowest BCUT2D eigenvalue weighted by Gasteiger charge is -2.07. The van der Waals surface area contributed by atoms with Gasteiger partial charge in [-0.25, -0.2) is 0 Å². The molecule has 112 valence electrons. The minimum absolute atomic E-state index is 0.126. The third-order valence-electron chi connectivity index (χ3n) is 2.87. The Morgan fingerprint density at radius 1 is 1.33 bits per heavy atom. The number of benzene rings is 1. The summed E-state index contributed by atoms with van der Waals surface area (Å²) in [6, 6.07) is 7.68. The van der Waals surface area contributed by atoms with Gasteiger partial charge in [-0.1, -0.05) is 11.8 Å². The highest BCUT2D eigenvalue weighted by Gasteiger charge is 2.09. The van der Waals surface area contributed by atoms with Crippen LogP contribution >= 0.6 is 11.8 Å². The molecular weight excluding hydrogens is 288 g/mol. The number of carbonyl (C=O) groups is 1. The number of methoxy groups -OCH3 is 1. The van der Waals surface area contributed by atoms with Crippen molar-refractivity contribution in [2.45, 2.75) is 18.6 Å². The quantitative estimate of drug-likeness (QED) is 0.790. The molecule has 0 aliphatic rings. The molecule has 7 heteroatoms. The van der Waals surface area contributed by atoms with E-state index in [1.165, 1.54) is 11.8 Å². The Hall–Kier alpha value is -2.02. The zero-order valence-corrected chi connectivity index (χ0v) is 13.1. The molecule has 0 aliphatic heterocycles. The van der Waals surface area contributed by atoms with Gasteiger partial charge in [0.1, 0.15) is 11.5 Å². The van der Waals surface area contributed by atoms with Crippen LogP contribution in [0, 0.1) is 0 Å². The molecule has 1 N–H and O–H groups in total. The lowest BCUT2D eigenvalue weighted by molar-refractivity contribution is -0.114. The molecule has 21 heavy (non-hydrogen) atoms. The molecule has 0 unspecified atom stereocenters. The number of anilines is 1. The van der Waals surface area contributed by atoms with Crippen LogP contribution < -0.4 is 10.1 Å². The van der Waals surface area contributed by atoms with Crippen molar-refractivity contribution in [2.24, 2.45) is 7.05 Å². The van der Waals surface area contributed by atoms with Crippen LogP contribution in [0.15, 0.2) is 29.4 Å². The maximum Gasteiger partial charge on any atom is 0.191 e. The van der Waals surface area contributed by atoms with Gasteiger partial charge in [-0.05, 0) is 31.2 Å². The van der Waals surface area contributed by atoms with Gasteiger partial charge >= 0.3 is 0 Å². The Kier molecular flexibility index (Phi) is 5.21. The lowest BCUT2D eigenvalue weighted by Crippen LogP contribution is -2.07. The van der Waals surface area contributed by atoms with E-state index in [-0.39, 0.29) is 5.78 Å². The van der Waals surface area contributed by atoms with Crippen LogP contribution in [0.4, 0.5) is 5.69 Å². The van der Waals surface area contributed by atoms with E-state index in [0.29, 0.717) is 12.3 Å². The van der Waals surface area contributed by atoms with Crippen molar-refractivity contribution < 1.29 is 9.53 Å². The fourth-order valence-electron chi connectivity index (χ4n) is 1.68. The molecular formula is C14H18N4O2S. The topological polar surface area (TPSA) is 69.0 Å². The number of ether oxygens (including phenoxy) is 1. The molecule has 0 saturated heterocycles. The second-order valence-corrected chi connectivity index (χ2v) is 5.47. The molecule has 0 aliphatic carbocycles. The summed E-state index contributed by atoms with van der Waals surface area (Å²) >= 11 is 1.40. The number of rotatable bonds is 7. The Labute approximate surface area is 127 Å². The zero-order valence-electron chi connectivity index (χ0n) is 12.3. The van der Waals surface area contributed by atoms with Crippen LogP contribution in [0.2, 0.25) is 0 Å². The predicted molar refractivity (Wildman–Crippen MR) is 82.7 cm³/mol. The largest absolute Gasteiger partial charge is 0.497 e. The highest BCUT2D eigenvalue weighted by atomic mass is 32.2. The van der Waals surface area contributed by atoms with Crippen molar-refractivity contribution in [3.8, 4) is 5.75 Å². The third kappa shape index (κ3) is 4.22. The number of hydrogen-bond donors (Lipinski definition) is 1. The first-order chi connectivity index (χ1) is 10.1. The van der Waals surface area contributed by atoms with Crippen LogP contribution in [0.5, 0.6) is 5.75 Å². The standard InChI is InChI=1S/C14H18N4O2S/c1-10(19)9-21-14-17-16-13(18(14)2)8-15-11-4-6-12(20-3)7-5-11/h4-7,15H,8-9H2,1-3H3. The van der Waals surface area contributed by atoms with E-state index < -0.39 is 0 Å². The average Bonchev–Trinajstić information content (AvgIpc) is 2.84. The summed E-state index contributed by atoms with van der Waals surface area (Å²) in [5.41, 5.74) is 0.983. The van der Waals surface area contributed by atoms with Gasteiger partial charge in [0.2, 0.25) is 0 Å². The van der Waals surface area contributed by atoms with Crippen LogP contribution in [-0.2, 0) is 18.4 Å². The molecule has 0 bridgehead atoms. The van der Waals surface area contributed by atoms with Gasteiger partial charge < -0.3 is 14.6 Å². The predicted octanol–water partition coefficient (Wildman–Crippen LogP) is 2.12. The van der Waals surface area contributed by atoms with Gasteiger partial charge in [0.15, 0.2) is 11.0 Å². The summed E-state index contributed by atoms with van der Waals surface area (Å²) in [4.78, 5) is 11.0. The van der Waals surface area contributed by atoms with Gasteiger partial charge in [-0.3, -0.25) is 4.79 Å². The fraction of sp³-hybridized carbons (Fsp3) is 0.357. The first-order valence-electron chi connectivity index (χ1n) is 6.48. The smallest absolute Gasteiger partial charge is 0.191 e. The molecule has 1 aromatic heterocycles. The number of ketones is 1. The molecule has 0 atom stereocenters. The Morgan fingerprint density at radius 2 is 2.05 bits per heavy atom. The number of nitrogens with one attached hydrogen (secondary N) is 1. The third-order valence-corrected chi connectivity index (χ3v) is 4.03. The van der Waals surface area contributed by atoms with E-state index in [9.17, 15) is 4.79 Å². The first-order valence-corrected chi connectivity index (χ1v) is 7.47. The Balaban J connectivity index is 1.95. The van der Waals surface area contributed by atoms with Crippen molar-refractivity contribution in [1.29, 1.82) is 0 Å². The highest BCUT2D eigenvalue weighted by molar-refractivity contribution is 7.99. The SMILES string of the molecule is COc1ccc(NCc2nnc(SCC(C)=O)n2C)cc1. The zero-order chi connectivity index (χ0) is 15.2. The fourth-order valence-corrected chi connectivity index (χ4v) is 2.41. The van der Waals surface area contributed by atoms with Crippen molar-refractivity contribution in [1.82, 2.24) is 14.8 Å². The highest BCUT2D eigenvalue weighted by Crippen LogP contribution is 2.18. The van der Waals surface area contributed by atoms with Gasteiger partial charge in [0, 0.05) is 12.7 Å². The monoisotopic (exact) mass is 306 g/mol. The lowest BCUT2D eigenvalue weighted by atomic mass is 10.3. The van der Waals surface area contributed by atoms with Crippen LogP contribution in [0.3, 0.4) is 0 Å². The summed E-state index contributed by atoms with van der Waals surface area (Å²) < 4.78 is 7.01. The van der Waals surface area contributed by atoms with E-state index in [1.807, 2.05) is 35.9 Å². The van der Waals surface area contributed by atoms with Gasteiger partial charge in [0.05, 0.1) is 19.4 Å². The second kappa shape index (κ2) is 7.12. The molecule has 0 radical (unpaired) electrons. The Morgan fingerprint density at radius 3 is 2.67 bits per heavy atom. The first kappa shape index (κ1) is 15.4. The molecule has 0 spiro atoms. The summed E-state index contributed by atoms with van der Waals surface area (Å²) in [6.07, 6.45) is 0. The number of carbonyl (C=O) groups excluding carboxylic acids is 1. The van der Waals surface area contributed by atoms with E-state index >= 15 is 0 Å². The molecule has 1 heterocycles. The second-order valence-electron chi connectivity index (χ2n) is 4.53. The van der Waals surface area contributed by atoms with Crippen molar-refractivity contribution in [3.05, 3.63) is 30.1 Å². The maximum atomic E-state index is 11.0. The Bertz CT molecular complexity index is 610. The summed E-state index contributed by atoms with van der Waals surface area (Å²) in [5, 5.41) is 12.3.